The first-order valence-corrected chi connectivity index (χ1v) is 5.26. The lowest BCUT2D eigenvalue weighted by Gasteiger charge is -2.03. The van der Waals surface area contributed by atoms with Crippen molar-refractivity contribution in [2.45, 2.75) is 13.5 Å². The number of allylic oxidation sites excluding steroid dienone is 2. The molecule has 2 rings (SSSR count). The summed E-state index contributed by atoms with van der Waals surface area (Å²) in [7, 11) is 1.74. The zero-order valence-corrected chi connectivity index (χ0v) is 9.45. The Morgan fingerprint density at radius 1 is 1.50 bits per heavy atom. The molecular formula is C13H14N2O. The van der Waals surface area contributed by atoms with Crippen LogP contribution in [0.4, 0.5) is 0 Å². The van der Waals surface area contributed by atoms with Crippen molar-refractivity contribution in [2.24, 2.45) is 4.99 Å². The number of fused-ring (bicyclic) bond motifs is 1. The van der Waals surface area contributed by atoms with Crippen LogP contribution in [0.1, 0.15) is 28.4 Å². The van der Waals surface area contributed by atoms with Gasteiger partial charge in [0.2, 0.25) is 0 Å². The van der Waals surface area contributed by atoms with Crippen molar-refractivity contribution in [3.05, 3.63) is 41.0 Å². The molecule has 0 unspecified atom stereocenters. The van der Waals surface area contributed by atoms with Gasteiger partial charge >= 0.3 is 0 Å². The van der Waals surface area contributed by atoms with E-state index < -0.39 is 0 Å². The molecule has 0 aromatic heterocycles. The van der Waals surface area contributed by atoms with Crippen molar-refractivity contribution in [3.63, 3.8) is 0 Å². The van der Waals surface area contributed by atoms with Crippen LogP contribution in [0.3, 0.4) is 0 Å². The quantitative estimate of drug-likeness (QED) is 0.752. The summed E-state index contributed by atoms with van der Waals surface area (Å²) >= 11 is 0. The molecule has 0 saturated carbocycles. The fourth-order valence-corrected chi connectivity index (χ4v) is 1.85. The van der Waals surface area contributed by atoms with Gasteiger partial charge < -0.3 is 5.32 Å². The van der Waals surface area contributed by atoms with E-state index in [0.717, 1.165) is 22.3 Å². The summed E-state index contributed by atoms with van der Waals surface area (Å²) in [5.74, 6) is 0.0146. The molecule has 0 spiro atoms. The van der Waals surface area contributed by atoms with Crippen LogP contribution in [0.15, 0.2) is 29.3 Å². The van der Waals surface area contributed by atoms with Gasteiger partial charge in [0.15, 0.2) is 0 Å². The minimum absolute atomic E-state index is 0.0146. The third-order valence-electron chi connectivity index (χ3n) is 2.71. The van der Waals surface area contributed by atoms with Crippen molar-refractivity contribution in [2.75, 3.05) is 7.05 Å². The van der Waals surface area contributed by atoms with E-state index in [0.29, 0.717) is 6.54 Å². The maximum absolute atomic E-state index is 11.5. The van der Waals surface area contributed by atoms with Crippen LogP contribution in [0.25, 0.3) is 5.57 Å². The summed E-state index contributed by atoms with van der Waals surface area (Å²) in [6.07, 6.45) is 3.79. The van der Waals surface area contributed by atoms with Crippen LogP contribution in [0.5, 0.6) is 0 Å². The number of carbonyl (C=O) groups excluding carboxylic acids is 1. The molecule has 16 heavy (non-hydrogen) atoms. The van der Waals surface area contributed by atoms with E-state index >= 15 is 0 Å². The number of nitrogens with one attached hydrogen (secondary N) is 1. The van der Waals surface area contributed by atoms with Gasteiger partial charge in [-0.1, -0.05) is 18.2 Å². The Morgan fingerprint density at radius 3 is 3.00 bits per heavy atom. The zero-order valence-electron chi connectivity index (χ0n) is 9.45. The van der Waals surface area contributed by atoms with Crippen molar-refractivity contribution < 1.29 is 4.79 Å². The smallest absolute Gasteiger partial charge is 0.251 e. The number of hydrogen-bond acceptors (Lipinski definition) is 2. The van der Waals surface area contributed by atoms with Crippen molar-refractivity contribution in [1.29, 1.82) is 0 Å². The number of nitrogens with zero attached hydrogens (tertiary/aromatic N) is 1. The van der Waals surface area contributed by atoms with Crippen LogP contribution in [-0.2, 0) is 6.54 Å². The zero-order chi connectivity index (χ0) is 11.5. The van der Waals surface area contributed by atoms with Crippen LogP contribution in [0, 0.1) is 0 Å². The average Bonchev–Trinajstić information content (AvgIpc) is 2.68. The highest BCUT2D eigenvalue weighted by Crippen LogP contribution is 2.21. The van der Waals surface area contributed by atoms with Crippen LogP contribution >= 0.6 is 0 Å². The molecule has 3 nitrogen and oxygen atoms in total. The molecule has 1 aromatic rings. The summed E-state index contributed by atoms with van der Waals surface area (Å²) in [6, 6.07) is 5.94. The molecule has 0 fully saturated rings. The predicted octanol–water partition coefficient (Wildman–Crippen LogP) is 2.03. The number of aliphatic imine (C=N–C) groups is 1. The molecule has 0 saturated heterocycles. The molecule has 0 bridgehead atoms. The van der Waals surface area contributed by atoms with Gasteiger partial charge in [0.05, 0.1) is 0 Å². The monoisotopic (exact) mass is 214 g/mol. The standard InChI is InChI=1S/C13H14N2O/c1-3-9(7-14-2)10-4-5-11-8-15-13(16)12(11)6-10/h3-7H,8H2,1-2H3,(H,15,16)/b9-3+,14-7?. The third-order valence-corrected chi connectivity index (χ3v) is 2.71. The average molecular weight is 214 g/mol. The third kappa shape index (κ3) is 1.76. The molecular weight excluding hydrogens is 200 g/mol. The Hall–Kier alpha value is -1.90. The van der Waals surface area contributed by atoms with Gasteiger partial charge in [-0.2, -0.15) is 0 Å². The Labute approximate surface area is 94.9 Å². The maximum Gasteiger partial charge on any atom is 0.251 e. The minimum Gasteiger partial charge on any atom is -0.348 e. The summed E-state index contributed by atoms with van der Waals surface area (Å²) in [5, 5.41) is 2.81. The molecule has 0 radical (unpaired) electrons. The van der Waals surface area contributed by atoms with E-state index in [2.05, 4.69) is 10.3 Å². The van der Waals surface area contributed by atoms with E-state index in [1.165, 1.54) is 0 Å². The Balaban J connectivity index is 2.45. The second-order valence-electron chi connectivity index (χ2n) is 3.69. The van der Waals surface area contributed by atoms with Gasteiger partial charge in [-0.15, -0.1) is 0 Å². The Bertz CT molecular complexity index is 487. The molecule has 1 aliphatic heterocycles. The molecule has 1 heterocycles. The SMILES string of the molecule is C/C=C(\C=NC)c1ccc2c(c1)C(=O)NC2. The van der Waals surface area contributed by atoms with Gasteiger partial charge in [0.1, 0.15) is 0 Å². The number of rotatable bonds is 2. The first-order chi connectivity index (χ1) is 7.76. The molecule has 0 atom stereocenters. The van der Waals surface area contributed by atoms with E-state index in [1.807, 2.05) is 31.2 Å². The molecule has 0 aliphatic carbocycles. The number of amides is 1. The maximum atomic E-state index is 11.5. The highest BCUT2D eigenvalue weighted by atomic mass is 16.1. The minimum atomic E-state index is 0.0146. The highest BCUT2D eigenvalue weighted by molar-refractivity contribution is 6.10. The van der Waals surface area contributed by atoms with Gasteiger partial charge in [-0.3, -0.25) is 9.79 Å². The molecule has 3 heteroatoms. The number of carbonyl (C=O) groups is 1. The van der Waals surface area contributed by atoms with Gasteiger partial charge in [0, 0.05) is 25.4 Å². The molecule has 1 amide bonds. The van der Waals surface area contributed by atoms with E-state index in [9.17, 15) is 4.79 Å². The summed E-state index contributed by atoms with van der Waals surface area (Å²) in [5.41, 5.74) is 3.91. The summed E-state index contributed by atoms with van der Waals surface area (Å²) in [4.78, 5) is 15.5. The lowest BCUT2D eigenvalue weighted by Crippen LogP contribution is -2.12. The first-order valence-electron chi connectivity index (χ1n) is 5.26. The van der Waals surface area contributed by atoms with Crippen molar-refractivity contribution in [3.8, 4) is 0 Å². The Kier molecular flexibility index (Phi) is 2.86. The van der Waals surface area contributed by atoms with Crippen molar-refractivity contribution in [1.82, 2.24) is 5.32 Å². The number of benzene rings is 1. The van der Waals surface area contributed by atoms with Crippen LogP contribution in [-0.4, -0.2) is 19.2 Å². The molecule has 1 aromatic carbocycles. The van der Waals surface area contributed by atoms with Gasteiger partial charge in [0.25, 0.3) is 5.91 Å². The lowest BCUT2D eigenvalue weighted by atomic mass is 10.0. The normalized spacial score (nSPS) is 15.4. The first kappa shape index (κ1) is 10.6. The van der Waals surface area contributed by atoms with Crippen molar-refractivity contribution >= 4 is 17.7 Å². The molecule has 1 N–H and O–H groups in total. The summed E-state index contributed by atoms with van der Waals surface area (Å²) < 4.78 is 0. The lowest BCUT2D eigenvalue weighted by molar-refractivity contribution is 0.0965. The second kappa shape index (κ2) is 4.31. The molecule has 1 aliphatic rings. The highest BCUT2D eigenvalue weighted by Gasteiger charge is 2.18. The predicted molar refractivity (Wildman–Crippen MR) is 65.7 cm³/mol. The fourth-order valence-electron chi connectivity index (χ4n) is 1.85. The molecule has 82 valence electrons. The van der Waals surface area contributed by atoms with Crippen LogP contribution in [0.2, 0.25) is 0 Å². The topological polar surface area (TPSA) is 41.5 Å². The van der Waals surface area contributed by atoms with E-state index in [1.54, 1.807) is 13.3 Å². The van der Waals surface area contributed by atoms with Gasteiger partial charge in [-0.05, 0) is 29.7 Å². The van der Waals surface area contributed by atoms with Gasteiger partial charge in [-0.25, -0.2) is 0 Å². The summed E-state index contributed by atoms with van der Waals surface area (Å²) in [6.45, 7) is 2.60. The van der Waals surface area contributed by atoms with E-state index in [4.69, 9.17) is 0 Å². The Morgan fingerprint density at radius 2 is 2.31 bits per heavy atom. The second-order valence-corrected chi connectivity index (χ2v) is 3.69. The van der Waals surface area contributed by atoms with E-state index in [-0.39, 0.29) is 5.91 Å². The fraction of sp³-hybridized carbons (Fsp3) is 0.231. The number of hydrogen-bond donors (Lipinski definition) is 1. The van der Waals surface area contributed by atoms with Crippen LogP contribution < -0.4 is 5.32 Å². The largest absolute Gasteiger partial charge is 0.348 e.